The zero-order valence-corrected chi connectivity index (χ0v) is 12.2. The molecule has 0 atom stereocenters. The van der Waals surface area contributed by atoms with Gasteiger partial charge in [0.1, 0.15) is 11.3 Å². The van der Waals surface area contributed by atoms with E-state index in [4.69, 9.17) is 0 Å². The van der Waals surface area contributed by atoms with Gasteiger partial charge in [-0.05, 0) is 30.2 Å². The number of rotatable bonds is 4. The molecule has 0 aliphatic heterocycles. The van der Waals surface area contributed by atoms with E-state index >= 15 is 0 Å². The Balaban J connectivity index is 1.78. The van der Waals surface area contributed by atoms with Crippen LogP contribution in [0.1, 0.15) is 5.56 Å². The number of hydrogen-bond acceptors (Lipinski definition) is 4. The minimum absolute atomic E-state index is 0.229. The fraction of sp³-hybridized carbons (Fsp3) is 0.200. The Morgan fingerprint density at radius 2 is 1.95 bits per heavy atom. The predicted octanol–water partition coefficient (Wildman–Crippen LogP) is 3.65. The summed E-state index contributed by atoms with van der Waals surface area (Å²) < 4.78 is 27.4. The molecule has 108 valence electrons. The third kappa shape index (κ3) is 3.00. The molecule has 0 saturated carbocycles. The van der Waals surface area contributed by atoms with Crippen LogP contribution in [0.5, 0.6) is 0 Å². The highest BCUT2D eigenvalue weighted by Gasteiger charge is 2.13. The average Bonchev–Trinajstić information content (AvgIpc) is 2.90. The molecule has 0 saturated heterocycles. The van der Waals surface area contributed by atoms with Crippen molar-refractivity contribution in [1.82, 2.24) is 9.97 Å². The smallest absolute Gasteiger partial charge is 0.186 e. The van der Waals surface area contributed by atoms with E-state index in [9.17, 15) is 8.78 Å². The van der Waals surface area contributed by atoms with E-state index in [1.165, 1.54) is 23.0 Å². The number of thiazole rings is 1. The van der Waals surface area contributed by atoms with Gasteiger partial charge < -0.3 is 4.90 Å². The largest absolute Gasteiger partial charge is 0.351 e. The molecule has 0 amide bonds. The molecule has 2 heterocycles. The zero-order valence-electron chi connectivity index (χ0n) is 11.4. The third-order valence-electron chi connectivity index (χ3n) is 3.21. The highest BCUT2D eigenvalue weighted by molar-refractivity contribution is 7.22. The lowest BCUT2D eigenvalue weighted by Gasteiger charge is -2.15. The van der Waals surface area contributed by atoms with E-state index in [2.05, 4.69) is 9.97 Å². The Hall–Kier alpha value is -2.08. The molecule has 3 rings (SSSR count). The molecule has 3 aromatic rings. The number of pyridine rings is 1. The maximum Gasteiger partial charge on any atom is 0.186 e. The van der Waals surface area contributed by atoms with Crippen molar-refractivity contribution in [3.8, 4) is 0 Å². The molecule has 0 spiro atoms. The quantitative estimate of drug-likeness (QED) is 0.737. The monoisotopic (exact) mass is 305 g/mol. The lowest BCUT2D eigenvalue weighted by atomic mass is 10.2. The van der Waals surface area contributed by atoms with Crippen molar-refractivity contribution < 1.29 is 8.78 Å². The Labute approximate surface area is 124 Å². The van der Waals surface area contributed by atoms with Crippen LogP contribution in [0.15, 0.2) is 36.7 Å². The molecule has 1 aromatic carbocycles. The summed E-state index contributed by atoms with van der Waals surface area (Å²) >= 11 is 1.29. The number of halogens is 2. The van der Waals surface area contributed by atoms with E-state index in [0.717, 1.165) is 19.0 Å². The molecule has 0 N–H and O–H groups in total. The lowest BCUT2D eigenvalue weighted by Crippen LogP contribution is -2.19. The van der Waals surface area contributed by atoms with E-state index in [1.807, 2.05) is 24.1 Å². The van der Waals surface area contributed by atoms with Crippen molar-refractivity contribution in [3.05, 3.63) is 53.9 Å². The Kier molecular flexibility index (Phi) is 3.79. The van der Waals surface area contributed by atoms with E-state index < -0.39 is 11.6 Å². The standard InChI is InChI=1S/C15H13F2N3S/c1-20(7-4-10-2-5-18-6-3-10)15-19-14-12(17)8-11(16)9-13(14)21-15/h2-3,5-6,8-9H,4,7H2,1H3. The van der Waals surface area contributed by atoms with E-state index in [1.54, 1.807) is 12.4 Å². The first-order chi connectivity index (χ1) is 10.1. The average molecular weight is 305 g/mol. The number of benzene rings is 1. The first kappa shape index (κ1) is 13.9. The van der Waals surface area contributed by atoms with E-state index in [-0.39, 0.29) is 5.52 Å². The topological polar surface area (TPSA) is 29.0 Å². The first-order valence-corrected chi connectivity index (χ1v) is 7.31. The summed E-state index contributed by atoms with van der Waals surface area (Å²) in [4.78, 5) is 10.2. The SMILES string of the molecule is CN(CCc1ccncc1)c1nc2c(F)cc(F)cc2s1. The third-order valence-corrected chi connectivity index (χ3v) is 4.33. The van der Waals surface area contributed by atoms with Gasteiger partial charge in [-0.3, -0.25) is 4.98 Å². The van der Waals surface area contributed by atoms with E-state index in [0.29, 0.717) is 9.83 Å². The van der Waals surface area contributed by atoms with Gasteiger partial charge in [-0.25, -0.2) is 13.8 Å². The van der Waals surface area contributed by atoms with Crippen LogP contribution in [-0.4, -0.2) is 23.6 Å². The molecule has 6 heteroatoms. The molecule has 21 heavy (non-hydrogen) atoms. The molecule has 0 bridgehead atoms. The van der Waals surface area contributed by atoms with Crippen LogP contribution in [0.2, 0.25) is 0 Å². The fourth-order valence-corrected chi connectivity index (χ4v) is 3.04. The maximum atomic E-state index is 13.7. The summed E-state index contributed by atoms with van der Waals surface area (Å²) in [6.45, 7) is 0.744. The normalized spacial score (nSPS) is 11.0. The second-order valence-electron chi connectivity index (χ2n) is 4.76. The van der Waals surface area contributed by atoms with Crippen LogP contribution in [0, 0.1) is 11.6 Å². The Morgan fingerprint density at radius 3 is 2.71 bits per heavy atom. The van der Waals surface area contributed by atoms with Gasteiger partial charge in [-0.1, -0.05) is 11.3 Å². The van der Waals surface area contributed by atoms with Crippen molar-refractivity contribution in [3.63, 3.8) is 0 Å². The van der Waals surface area contributed by atoms with Gasteiger partial charge in [0, 0.05) is 32.1 Å². The molecule has 0 aliphatic carbocycles. The summed E-state index contributed by atoms with van der Waals surface area (Å²) in [5, 5.41) is 0.684. The van der Waals surface area contributed by atoms with Crippen LogP contribution >= 0.6 is 11.3 Å². The number of likely N-dealkylation sites (N-methyl/N-ethyl adjacent to an activating group) is 1. The number of hydrogen-bond donors (Lipinski definition) is 0. The number of aromatic nitrogens is 2. The number of anilines is 1. The van der Waals surface area contributed by atoms with Gasteiger partial charge in [0.2, 0.25) is 0 Å². The van der Waals surface area contributed by atoms with Crippen molar-refractivity contribution in [2.24, 2.45) is 0 Å². The second-order valence-corrected chi connectivity index (χ2v) is 5.77. The van der Waals surface area contributed by atoms with Crippen molar-refractivity contribution >= 4 is 26.7 Å². The molecule has 0 radical (unpaired) electrons. The van der Waals surface area contributed by atoms with Crippen LogP contribution < -0.4 is 4.90 Å². The summed E-state index contributed by atoms with van der Waals surface area (Å²) in [5.41, 5.74) is 1.40. The van der Waals surface area contributed by atoms with Crippen LogP contribution in [0.4, 0.5) is 13.9 Å². The van der Waals surface area contributed by atoms with Crippen LogP contribution in [0.3, 0.4) is 0 Å². The van der Waals surface area contributed by atoms with Gasteiger partial charge in [-0.15, -0.1) is 0 Å². The minimum Gasteiger partial charge on any atom is -0.351 e. The fourth-order valence-electron chi connectivity index (χ4n) is 2.05. The highest BCUT2D eigenvalue weighted by atomic mass is 32.1. The van der Waals surface area contributed by atoms with Gasteiger partial charge >= 0.3 is 0 Å². The molecule has 3 nitrogen and oxygen atoms in total. The Bertz CT molecular complexity index is 758. The maximum absolute atomic E-state index is 13.7. The summed E-state index contributed by atoms with van der Waals surface area (Å²) in [7, 11) is 1.90. The summed E-state index contributed by atoms with van der Waals surface area (Å²) in [6.07, 6.45) is 4.35. The molecular weight excluding hydrogens is 292 g/mol. The number of fused-ring (bicyclic) bond motifs is 1. The number of nitrogens with zero attached hydrogens (tertiary/aromatic N) is 3. The van der Waals surface area contributed by atoms with Gasteiger partial charge in [0.15, 0.2) is 10.9 Å². The summed E-state index contributed by atoms with van der Waals surface area (Å²) in [6, 6.07) is 6.10. The van der Waals surface area contributed by atoms with Gasteiger partial charge in [0.05, 0.1) is 4.70 Å². The van der Waals surface area contributed by atoms with Crippen molar-refractivity contribution in [1.29, 1.82) is 0 Å². The predicted molar refractivity (Wildman–Crippen MR) is 80.7 cm³/mol. The van der Waals surface area contributed by atoms with Gasteiger partial charge in [0.25, 0.3) is 0 Å². The van der Waals surface area contributed by atoms with Crippen molar-refractivity contribution in [2.75, 3.05) is 18.5 Å². The molecule has 0 unspecified atom stereocenters. The van der Waals surface area contributed by atoms with Crippen LogP contribution in [-0.2, 0) is 6.42 Å². The minimum atomic E-state index is -0.616. The second kappa shape index (κ2) is 5.73. The molecule has 0 aliphatic rings. The lowest BCUT2D eigenvalue weighted by molar-refractivity contribution is 0.591. The van der Waals surface area contributed by atoms with Crippen molar-refractivity contribution in [2.45, 2.75) is 6.42 Å². The Morgan fingerprint density at radius 1 is 1.19 bits per heavy atom. The highest BCUT2D eigenvalue weighted by Crippen LogP contribution is 2.30. The van der Waals surface area contributed by atoms with Crippen LogP contribution in [0.25, 0.3) is 10.2 Å². The molecule has 0 fully saturated rings. The zero-order chi connectivity index (χ0) is 14.8. The molecular formula is C15H13F2N3S. The molecule has 2 aromatic heterocycles. The first-order valence-electron chi connectivity index (χ1n) is 6.49. The summed E-state index contributed by atoms with van der Waals surface area (Å²) in [5.74, 6) is -1.19. The van der Waals surface area contributed by atoms with Gasteiger partial charge in [-0.2, -0.15) is 0 Å².